The minimum atomic E-state index is -0.312. The van der Waals surface area contributed by atoms with Crippen LogP contribution in [-0.2, 0) is 4.79 Å². The smallest absolute Gasteiger partial charge is 0.252 e. The molecule has 6 nitrogen and oxygen atoms in total. The number of aromatic amines is 1. The molecule has 1 aliphatic heterocycles. The molecule has 1 aliphatic rings. The van der Waals surface area contributed by atoms with Crippen LogP contribution in [0.25, 0.3) is 10.9 Å². The summed E-state index contributed by atoms with van der Waals surface area (Å²) in [5.74, 6) is 0.145. The van der Waals surface area contributed by atoms with Crippen LogP contribution in [0.2, 0.25) is 0 Å². The first-order valence-corrected chi connectivity index (χ1v) is 8.24. The highest BCUT2D eigenvalue weighted by molar-refractivity contribution is 9.10. The standard InChI is InChI=1S/C17H13BrN4O2/c18-9-5-6-12-14(7-9)21-22-16(12)20-15(23)8-13-10-3-1-2-4-11(10)17(24)19-13/h1-7,13H,8H2,(H,19,24)(H2,20,21,22,23)/t13-/m1/s1. The van der Waals surface area contributed by atoms with Gasteiger partial charge in [0.25, 0.3) is 5.91 Å². The van der Waals surface area contributed by atoms with Gasteiger partial charge in [-0.25, -0.2) is 0 Å². The van der Waals surface area contributed by atoms with E-state index in [0.717, 1.165) is 20.9 Å². The van der Waals surface area contributed by atoms with Crippen LogP contribution in [0.4, 0.5) is 5.82 Å². The average molecular weight is 385 g/mol. The van der Waals surface area contributed by atoms with E-state index in [-0.39, 0.29) is 24.3 Å². The molecule has 4 rings (SSSR count). The minimum Gasteiger partial charge on any atom is -0.345 e. The Morgan fingerprint density at radius 2 is 2.08 bits per heavy atom. The molecule has 0 saturated carbocycles. The molecule has 2 aromatic carbocycles. The highest BCUT2D eigenvalue weighted by atomic mass is 79.9. The van der Waals surface area contributed by atoms with E-state index in [1.165, 1.54) is 0 Å². The number of amides is 2. The Labute approximate surface area is 145 Å². The highest BCUT2D eigenvalue weighted by Gasteiger charge is 2.29. The fraction of sp³-hybridized carbons (Fsp3) is 0.118. The van der Waals surface area contributed by atoms with Crippen molar-refractivity contribution in [3.63, 3.8) is 0 Å². The van der Waals surface area contributed by atoms with E-state index in [0.29, 0.717) is 11.4 Å². The number of rotatable bonds is 3. The Morgan fingerprint density at radius 1 is 1.25 bits per heavy atom. The van der Waals surface area contributed by atoms with Crippen molar-refractivity contribution in [2.24, 2.45) is 0 Å². The number of nitrogens with one attached hydrogen (secondary N) is 3. The van der Waals surface area contributed by atoms with E-state index < -0.39 is 0 Å². The third kappa shape index (κ3) is 2.56. The SMILES string of the molecule is O=C(C[C@H]1NC(=O)c2ccccc21)Nc1n[nH]c2cc(Br)ccc12. The molecular formula is C17H13BrN4O2. The summed E-state index contributed by atoms with van der Waals surface area (Å²) >= 11 is 3.40. The maximum Gasteiger partial charge on any atom is 0.252 e. The summed E-state index contributed by atoms with van der Waals surface area (Å²) in [4.78, 5) is 24.3. The number of H-pyrrole nitrogens is 1. The lowest BCUT2D eigenvalue weighted by Gasteiger charge is -2.11. The van der Waals surface area contributed by atoms with E-state index in [4.69, 9.17) is 0 Å². The molecule has 1 aromatic heterocycles. The Kier molecular flexibility index (Phi) is 3.57. The summed E-state index contributed by atoms with van der Waals surface area (Å²) < 4.78 is 0.932. The maximum atomic E-state index is 12.4. The number of benzene rings is 2. The fourth-order valence-electron chi connectivity index (χ4n) is 2.94. The molecule has 0 spiro atoms. The Balaban J connectivity index is 1.52. The number of hydrogen-bond donors (Lipinski definition) is 3. The summed E-state index contributed by atoms with van der Waals surface area (Å²) in [5.41, 5.74) is 2.32. The van der Waals surface area contributed by atoms with Gasteiger partial charge in [-0.3, -0.25) is 14.7 Å². The molecule has 0 radical (unpaired) electrons. The van der Waals surface area contributed by atoms with Crippen molar-refractivity contribution >= 4 is 44.5 Å². The summed E-state index contributed by atoms with van der Waals surface area (Å²) in [7, 11) is 0. The fourth-order valence-corrected chi connectivity index (χ4v) is 3.30. The molecule has 0 aliphatic carbocycles. The zero-order valence-corrected chi connectivity index (χ0v) is 14.1. The summed E-state index contributed by atoms with van der Waals surface area (Å²) in [6, 6.07) is 12.7. The van der Waals surface area contributed by atoms with Gasteiger partial charge >= 0.3 is 0 Å². The van der Waals surface area contributed by atoms with Crippen LogP contribution in [-0.4, -0.2) is 22.0 Å². The van der Waals surface area contributed by atoms with E-state index in [1.54, 1.807) is 6.07 Å². The van der Waals surface area contributed by atoms with Crippen LogP contribution in [0.15, 0.2) is 46.9 Å². The second kappa shape index (κ2) is 5.76. The van der Waals surface area contributed by atoms with Gasteiger partial charge in [0.2, 0.25) is 5.91 Å². The molecule has 0 unspecified atom stereocenters. The Bertz CT molecular complexity index is 966. The molecule has 0 bridgehead atoms. The van der Waals surface area contributed by atoms with Crippen molar-refractivity contribution in [1.29, 1.82) is 0 Å². The van der Waals surface area contributed by atoms with E-state index in [2.05, 4.69) is 36.8 Å². The highest BCUT2D eigenvalue weighted by Crippen LogP contribution is 2.28. The average Bonchev–Trinajstić information content (AvgIpc) is 3.09. The van der Waals surface area contributed by atoms with Crippen LogP contribution in [0.5, 0.6) is 0 Å². The molecule has 120 valence electrons. The van der Waals surface area contributed by atoms with Crippen LogP contribution in [0.1, 0.15) is 28.4 Å². The third-order valence-electron chi connectivity index (χ3n) is 4.06. The first-order chi connectivity index (χ1) is 11.6. The molecule has 24 heavy (non-hydrogen) atoms. The van der Waals surface area contributed by atoms with Gasteiger partial charge in [-0.15, -0.1) is 0 Å². The number of nitrogens with zero attached hydrogens (tertiary/aromatic N) is 1. The zero-order valence-electron chi connectivity index (χ0n) is 12.5. The quantitative estimate of drug-likeness (QED) is 0.648. The van der Waals surface area contributed by atoms with Crippen molar-refractivity contribution < 1.29 is 9.59 Å². The second-order valence-electron chi connectivity index (χ2n) is 5.63. The van der Waals surface area contributed by atoms with Gasteiger partial charge in [0.1, 0.15) is 0 Å². The second-order valence-corrected chi connectivity index (χ2v) is 6.54. The lowest BCUT2D eigenvalue weighted by Crippen LogP contribution is -2.24. The van der Waals surface area contributed by atoms with Crippen LogP contribution in [0.3, 0.4) is 0 Å². The van der Waals surface area contributed by atoms with E-state index in [9.17, 15) is 9.59 Å². The summed E-state index contributed by atoms with van der Waals surface area (Å²) in [5, 5.41) is 13.5. The van der Waals surface area contributed by atoms with Crippen molar-refractivity contribution in [2.45, 2.75) is 12.5 Å². The summed E-state index contributed by atoms with van der Waals surface area (Å²) in [6.45, 7) is 0. The van der Waals surface area contributed by atoms with Crippen molar-refractivity contribution in [3.05, 3.63) is 58.1 Å². The largest absolute Gasteiger partial charge is 0.345 e. The first kappa shape index (κ1) is 14.9. The molecule has 2 amide bonds. The van der Waals surface area contributed by atoms with Gasteiger partial charge in [-0.05, 0) is 29.8 Å². The molecule has 3 aromatic rings. The Morgan fingerprint density at radius 3 is 2.96 bits per heavy atom. The number of carbonyl (C=O) groups excluding carboxylic acids is 2. The van der Waals surface area contributed by atoms with Crippen LogP contribution in [0, 0.1) is 0 Å². The number of carbonyl (C=O) groups is 2. The number of anilines is 1. The number of aromatic nitrogens is 2. The van der Waals surface area contributed by atoms with Crippen LogP contribution < -0.4 is 10.6 Å². The van der Waals surface area contributed by atoms with Crippen molar-refractivity contribution in [2.75, 3.05) is 5.32 Å². The number of fused-ring (bicyclic) bond motifs is 2. The number of halogens is 1. The van der Waals surface area contributed by atoms with E-state index >= 15 is 0 Å². The Hall–Kier alpha value is -2.67. The van der Waals surface area contributed by atoms with Crippen molar-refractivity contribution in [1.82, 2.24) is 15.5 Å². The van der Waals surface area contributed by atoms with Gasteiger partial charge in [-0.2, -0.15) is 5.10 Å². The first-order valence-electron chi connectivity index (χ1n) is 7.45. The molecule has 2 heterocycles. The number of hydrogen-bond acceptors (Lipinski definition) is 3. The zero-order chi connectivity index (χ0) is 16.7. The summed E-state index contributed by atoms with van der Waals surface area (Å²) in [6.07, 6.45) is 0.160. The van der Waals surface area contributed by atoms with Gasteiger partial charge in [0, 0.05) is 15.4 Å². The lowest BCUT2D eigenvalue weighted by molar-refractivity contribution is -0.116. The normalized spacial score (nSPS) is 16.0. The minimum absolute atomic E-state index is 0.140. The maximum absolute atomic E-state index is 12.4. The van der Waals surface area contributed by atoms with Crippen molar-refractivity contribution in [3.8, 4) is 0 Å². The topological polar surface area (TPSA) is 86.9 Å². The van der Waals surface area contributed by atoms with Crippen LogP contribution >= 0.6 is 15.9 Å². The predicted molar refractivity (Wildman–Crippen MR) is 93.7 cm³/mol. The third-order valence-corrected chi connectivity index (χ3v) is 4.55. The molecule has 7 heteroatoms. The molecular weight excluding hydrogens is 372 g/mol. The van der Waals surface area contributed by atoms with E-state index in [1.807, 2.05) is 36.4 Å². The molecule has 0 saturated heterocycles. The molecule has 1 atom stereocenters. The van der Waals surface area contributed by atoms with Gasteiger partial charge in [0.15, 0.2) is 5.82 Å². The monoisotopic (exact) mass is 384 g/mol. The van der Waals surface area contributed by atoms with Gasteiger partial charge in [0.05, 0.1) is 18.0 Å². The molecule has 3 N–H and O–H groups in total. The predicted octanol–water partition coefficient (Wildman–Crippen LogP) is 3.14. The van der Waals surface area contributed by atoms with Gasteiger partial charge in [-0.1, -0.05) is 34.1 Å². The lowest BCUT2D eigenvalue weighted by atomic mass is 10.0. The van der Waals surface area contributed by atoms with Gasteiger partial charge < -0.3 is 10.6 Å². The molecule has 0 fully saturated rings.